The number of nitrogens with zero attached hydrogens (tertiary/aromatic N) is 3. The second-order valence-electron chi connectivity index (χ2n) is 7.87. The molecule has 0 fully saturated rings. The van der Waals surface area contributed by atoms with Crippen LogP contribution in [0.2, 0.25) is 0 Å². The maximum absolute atomic E-state index is 12.4. The topological polar surface area (TPSA) is 57.0 Å². The van der Waals surface area contributed by atoms with E-state index in [0.717, 1.165) is 38.8 Å². The minimum Gasteiger partial charge on any atom is -0.462 e. The van der Waals surface area contributed by atoms with Crippen molar-refractivity contribution in [2.24, 2.45) is 0 Å². The molecule has 0 spiro atoms. The molecule has 5 rings (SSSR count). The standard InChI is InChI=1S/C27H23N3O2/c1-4-32-27(31)20-11-13-24-22(15-20)26-23(16-28-24)25(19-8-6-5-7-9-19)29-30(26)21-12-10-17(2)18(3)14-21/h5-16H,4H2,1-3H3. The van der Waals surface area contributed by atoms with Crippen LogP contribution in [0.3, 0.4) is 0 Å². The first-order valence-corrected chi connectivity index (χ1v) is 10.7. The zero-order valence-electron chi connectivity index (χ0n) is 18.3. The predicted molar refractivity (Wildman–Crippen MR) is 127 cm³/mol. The van der Waals surface area contributed by atoms with Crippen LogP contribution in [0.1, 0.15) is 28.4 Å². The summed E-state index contributed by atoms with van der Waals surface area (Å²) in [6.07, 6.45) is 1.87. The summed E-state index contributed by atoms with van der Waals surface area (Å²) < 4.78 is 7.19. The third-order valence-corrected chi connectivity index (χ3v) is 5.80. The molecular weight excluding hydrogens is 398 g/mol. The van der Waals surface area contributed by atoms with Gasteiger partial charge in [-0.15, -0.1) is 0 Å². The Balaban J connectivity index is 1.86. The van der Waals surface area contributed by atoms with Gasteiger partial charge in [0.1, 0.15) is 5.69 Å². The van der Waals surface area contributed by atoms with E-state index < -0.39 is 0 Å². The first kappa shape index (κ1) is 19.9. The van der Waals surface area contributed by atoms with Gasteiger partial charge in [-0.05, 0) is 62.2 Å². The molecule has 2 heterocycles. The molecule has 0 aliphatic rings. The van der Waals surface area contributed by atoms with Gasteiger partial charge < -0.3 is 4.74 Å². The van der Waals surface area contributed by atoms with Gasteiger partial charge in [-0.25, -0.2) is 9.48 Å². The van der Waals surface area contributed by atoms with E-state index in [4.69, 9.17) is 9.84 Å². The fourth-order valence-corrected chi connectivity index (χ4v) is 3.98. The lowest BCUT2D eigenvalue weighted by atomic mass is 10.0. The number of hydrogen-bond acceptors (Lipinski definition) is 4. The predicted octanol–water partition coefficient (Wildman–Crippen LogP) is 6.03. The second kappa shape index (κ2) is 7.93. The molecule has 5 heteroatoms. The lowest BCUT2D eigenvalue weighted by molar-refractivity contribution is 0.0526. The van der Waals surface area contributed by atoms with Crippen LogP contribution in [0.4, 0.5) is 0 Å². The molecule has 158 valence electrons. The SMILES string of the molecule is CCOC(=O)c1ccc2ncc3c(-c4ccccc4)nn(-c4ccc(C)c(C)c4)c3c2c1. The van der Waals surface area contributed by atoms with Crippen molar-refractivity contribution in [1.29, 1.82) is 0 Å². The number of pyridine rings is 1. The highest BCUT2D eigenvalue weighted by Gasteiger charge is 2.18. The number of rotatable bonds is 4. The summed E-state index contributed by atoms with van der Waals surface area (Å²) in [5.74, 6) is -0.341. The molecule has 0 saturated heterocycles. The molecule has 0 aliphatic carbocycles. The highest BCUT2D eigenvalue weighted by atomic mass is 16.5. The van der Waals surface area contributed by atoms with E-state index in [2.05, 4.69) is 37.0 Å². The fraction of sp³-hybridized carbons (Fsp3) is 0.148. The molecule has 5 aromatic rings. The largest absolute Gasteiger partial charge is 0.462 e. The summed E-state index contributed by atoms with van der Waals surface area (Å²) in [6, 6.07) is 21.9. The Morgan fingerprint density at radius 1 is 0.938 bits per heavy atom. The van der Waals surface area contributed by atoms with Crippen LogP contribution in [0.15, 0.2) is 72.9 Å². The third-order valence-electron chi connectivity index (χ3n) is 5.80. The van der Waals surface area contributed by atoms with Gasteiger partial charge in [0.25, 0.3) is 0 Å². The molecule has 0 N–H and O–H groups in total. The summed E-state index contributed by atoms with van der Waals surface area (Å²) in [7, 11) is 0. The van der Waals surface area contributed by atoms with Crippen LogP contribution < -0.4 is 0 Å². The first-order chi connectivity index (χ1) is 15.6. The summed E-state index contributed by atoms with van der Waals surface area (Å²) in [6.45, 7) is 6.33. The zero-order valence-corrected chi connectivity index (χ0v) is 18.3. The Morgan fingerprint density at radius 2 is 1.75 bits per heavy atom. The lowest BCUT2D eigenvalue weighted by Gasteiger charge is -2.09. The van der Waals surface area contributed by atoms with Gasteiger partial charge in [0.15, 0.2) is 0 Å². The van der Waals surface area contributed by atoms with Gasteiger partial charge in [0.05, 0.1) is 28.9 Å². The Bertz CT molecular complexity index is 1470. The van der Waals surface area contributed by atoms with Crippen molar-refractivity contribution in [1.82, 2.24) is 14.8 Å². The normalized spacial score (nSPS) is 11.2. The molecule has 0 aliphatic heterocycles. The van der Waals surface area contributed by atoms with Gasteiger partial charge in [-0.2, -0.15) is 5.10 Å². The number of fused-ring (bicyclic) bond motifs is 3. The summed E-state index contributed by atoms with van der Waals surface area (Å²) in [5.41, 5.74) is 7.48. The van der Waals surface area contributed by atoms with Gasteiger partial charge in [-0.3, -0.25) is 4.98 Å². The van der Waals surface area contributed by atoms with E-state index >= 15 is 0 Å². The number of carbonyl (C=O) groups is 1. The van der Waals surface area contributed by atoms with Crippen molar-refractivity contribution in [2.45, 2.75) is 20.8 Å². The molecule has 32 heavy (non-hydrogen) atoms. The van der Waals surface area contributed by atoms with Gasteiger partial charge in [0.2, 0.25) is 0 Å². The monoisotopic (exact) mass is 421 g/mol. The van der Waals surface area contributed by atoms with E-state index in [1.165, 1.54) is 11.1 Å². The molecular formula is C27H23N3O2. The molecule has 0 amide bonds. The lowest BCUT2D eigenvalue weighted by Crippen LogP contribution is -2.04. The highest BCUT2D eigenvalue weighted by molar-refractivity contribution is 6.10. The number of aryl methyl sites for hydroxylation is 2. The maximum atomic E-state index is 12.4. The van der Waals surface area contributed by atoms with Gasteiger partial charge in [-0.1, -0.05) is 36.4 Å². The second-order valence-corrected chi connectivity index (χ2v) is 7.87. The van der Waals surface area contributed by atoms with Crippen LogP contribution in [-0.4, -0.2) is 27.3 Å². The van der Waals surface area contributed by atoms with Crippen LogP contribution in [0, 0.1) is 13.8 Å². The number of benzene rings is 3. The number of hydrogen-bond donors (Lipinski definition) is 0. The number of ether oxygens (including phenoxy) is 1. The molecule has 0 bridgehead atoms. The first-order valence-electron chi connectivity index (χ1n) is 10.7. The summed E-state index contributed by atoms with van der Waals surface area (Å²) >= 11 is 0. The Morgan fingerprint density at radius 3 is 2.50 bits per heavy atom. The summed E-state index contributed by atoms with van der Waals surface area (Å²) in [4.78, 5) is 17.1. The number of aromatic nitrogens is 3. The van der Waals surface area contributed by atoms with Crippen LogP contribution in [0.5, 0.6) is 0 Å². The van der Waals surface area contributed by atoms with Crippen molar-refractivity contribution in [3.8, 4) is 16.9 Å². The highest BCUT2D eigenvalue weighted by Crippen LogP contribution is 2.34. The van der Waals surface area contributed by atoms with E-state index in [1.54, 1.807) is 13.0 Å². The minimum absolute atomic E-state index is 0.331. The van der Waals surface area contributed by atoms with E-state index in [1.807, 2.05) is 53.3 Å². The summed E-state index contributed by atoms with van der Waals surface area (Å²) in [5, 5.41) is 6.82. The van der Waals surface area contributed by atoms with Crippen molar-refractivity contribution < 1.29 is 9.53 Å². The van der Waals surface area contributed by atoms with E-state index in [-0.39, 0.29) is 5.97 Å². The molecule has 5 nitrogen and oxygen atoms in total. The number of carbonyl (C=O) groups excluding carboxylic acids is 1. The van der Waals surface area contributed by atoms with Crippen molar-refractivity contribution >= 4 is 27.8 Å². The van der Waals surface area contributed by atoms with Crippen LogP contribution >= 0.6 is 0 Å². The zero-order chi connectivity index (χ0) is 22.2. The molecule has 0 radical (unpaired) electrons. The van der Waals surface area contributed by atoms with Gasteiger partial charge in [0, 0.05) is 22.5 Å². The molecule has 0 saturated carbocycles. The molecule has 3 aromatic carbocycles. The number of esters is 1. The van der Waals surface area contributed by atoms with E-state index in [0.29, 0.717) is 12.2 Å². The smallest absolute Gasteiger partial charge is 0.338 e. The van der Waals surface area contributed by atoms with E-state index in [9.17, 15) is 4.79 Å². The van der Waals surface area contributed by atoms with Crippen molar-refractivity contribution in [3.05, 3.63) is 89.6 Å². The van der Waals surface area contributed by atoms with Crippen molar-refractivity contribution in [2.75, 3.05) is 6.61 Å². The Kier molecular flexibility index (Phi) is 4.94. The Hall–Kier alpha value is -3.99. The minimum atomic E-state index is -0.341. The van der Waals surface area contributed by atoms with Crippen LogP contribution in [0.25, 0.3) is 38.8 Å². The fourth-order valence-electron chi connectivity index (χ4n) is 3.98. The maximum Gasteiger partial charge on any atom is 0.338 e. The Labute approximate surface area is 186 Å². The quantitative estimate of drug-likeness (QED) is 0.332. The van der Waals surface area contributed by atoms with Gasteiger partial charge >= 0.3 is 5.97 Å². The van der Waals surface area contributed by atoms with Crippen molar-refractivity contribution in [3.63, 3.8) is 0 Å². The average molecular weight is 422 g/mol. The molecule has 0 atom stereocenters. The third kappa shape index (κ3) is 3.32. The molecule has 2 aromatic heterocycles. The average Bonchev–Trinajstić information content (AvgIpc) is 3.21. The molecule has 0 unspecified atom stereocenters. The van der Waals surface area contributed by atoms with Crippen LogP contribution in [-0.2, 0) is 4.74 Å².